The Hall–Kier alpha value is -3.29. The summed E-state index contributed by atoms with van der Waals surface area (Å²) in [6.07, 6.45) is 4.85. The van der Waals surface area contributed by atoms with E-state index in [1.54, 1.807) is 13.3 Å². The molecule has 1 aromatic carbocycles. The van der Waals surface area contributed by atoms with Crippen LogP contribution in [-0.4, -0.2) is 103 Å². The van der Waals surface area contributed by atoms with Crippen molar-refractivity contribution in [2.75, 3.05) is 69.3 Å². The van der Waals surface area contributed by atoms with Crippen molar-refractivity contribution in [1.29, 1.82) is 5.26 Å². The fraction of sp³-hybridized carbons (Fsp3) is 0.500. The number of nitrogens with two attached hydrogens (primary N) is 1. The number of methoxy groups -OCH3 is 1. The molecule has 3 saturated heterocycles. The van der Waals surface area contributed by atoms with Crippen LogP contribution in [0.5, 0.6) is 0 Å². The van der Waals surface area contributed by atoms with Crippen LogP contribution in [0, 0.1) is 11.3 Å². The first-order valence-electron chi connectivity index (χ1n) is 14.0. The Kier molecular flexibility index (Phi) is 7.36. The smallest absolute Gasteiger partial charge is 0.128 e. The number of nitrogens with zero attached hydrogens (tertiary/aromatic N) is 7. The molecular formula is C30H38N8O. The Morgan fingerprint density at radius 3 is 2.69 bits per heavy atom. The van der Waals surface area contributed by atoms with Crippen molar-refractivity contribution in [2.45, 2.75) is 37.6 Å². The maximum Gasteiger partial charge on any atom is 0.128 e. The van der Waals surface area contributed by atoms with Crippen LogP contribution < -0.4 is 15.5 Å². The second kappa shape index (κ2) is 11.1. The molecule has 0 aliphatic carbocycles. The monoisotopic (exact) mass is 526 g/mol. The van der Waals surface area contributed by atoms with Gasteiger partial charge in [0.05, 0.1) is 23.2 Å². The fourth-order valence-corrected chi connectivity index (χ4v) is 6.63. The molecule has 204 valence electrons. The van der Waals surface area contributed by atoms with Gasteiger partial charge in [0.2, 0.25) is 0 Å². The molecular weight excluding hydrogens is 488 g/mol. The van der Waals surface area contributed by atoms with E-state index < -0.39 is 0 Å². The number of pyridine rings is 2. The molecule has 2 aromatic heterocycles. The molecule has 39 heavy (non-hydrogen) atoms. The Bertz CT molecular complexity index is 1340. The van der Waals surface area contributed by atoms with Gasteiger partial charge in [-0.1, -0.05) is 6.07 Å². The molecule has 4 atom stereocenters. The third-order valence-electron chi connectivity index (χ3n) is 8.76. The van der Waals surface area contributed by atoms with Gasteiger partial charge < -0.3 is 25.2 Å². The van der Waals surface area contributed by atoms with Gasteiger partial charge in [0.25, 0.3) is 0 Å². The first-order valence-corrected chi connectivity index (χ1v) is 14.0. The van der Waals surface area contributed by atoms with E-state index in [1.165, 1.54) is 11.3 Å². The van der Waals surface area contributed by atoms with E-state index in [4.69, 9.17) is 15.5 Å². The fourth-order valence-electron chi connectivity index (χ4n) is 6.63. The van der Waals surface area contributed by atoms with E-state index in [2.05, 4.69) is 61.8 Å². The topological polar surface area (TPSA) is 97.8 Å². The third-order valence-corrected chi connectivity index (χ3v) is 8.76. The Balaban J connectivity index is 1.09. The van der Waals surface area contributed by atoms with Crippen molar-refractivity contribution in [3.05, 3.63) is 59.9 Å². The lowest BCUT2D eigenvalue weighted by Crippen LogP contribution is -2.65. The van der Waals surface area contributed by atoms with Gasteiger partial charge in [-0.05, 0) is 49.2 Å². The molecule has 0 bridgehead atoms. The molecule has 9 nitrogen and oxygen atoms in total. The molecule has 0 spiro atoms. The third kappa shape index (κ3) is 5.18. The highest BCUT2D eigenvalue weighted by molar-refractivity contribution is 5.95. The molecule has 5 heterocycles. The molecule has 6 rings (SSSR count). The Morgan fingerprint density at radius 1 is 1.03 bits per heavy atom. The number of aromatic nitrogens is 2. The number of fused-ring (bicyclic) bond motifs is 2. The standard InChI is InChI=1S/C30H38N8O/c1-21-16-36(27-7-6-23(14-31)30-25(27)4-3-10-33-30)18-24-17-35(12-13-38(21)24)11-9-22-5-8-29(34-15-22)37-19-26(32)28(20-37)39-2/h3-8,10,15,21,24,26,28H,9,11-13,16-20,32H2,1-2H3/t21-,24+,26-,28+/m1/s1. The van der Waals surface area contributed by atoms with Gasteiger partial charge in [-0.25, -0.2) is 4.98 Å². The Labute approximate surface area is 230 Å². The van der Waals surface area contributed by atoms with Crippen molar-refractivity contribution in [3.63, 3.8) is 0 Å². The van der Waals surface area contributed by atoms with Gasteiger partial charge in [0.1, 0.15) is 11.9 Å². The van der Waals surface area contributed by atoms with Gasteiger partial charge in [-0.15, -0.1) is 0 Å². The minimum Gasteiger partial charge on any atom is -0.378 e. The van der Waals surface area contributed by atoms with Gasteiger partial charge >= 0.3 is 0 Å². The molecule has 3 fully saturated rings. The highest BCUT2D eigenvalue weighted by atomic mass is 16.5. The molecule has 3 aliphatic rings. The van der Waals surface area contributed by atoms with Crippen molar-refractivity contribution in [3.8, 4) is 6.07 Å². The quantitative estimate of drug-likeness (QED) is 0.518. The maximum atomic E-state index is 9.56. The van der Waals surface area contributed by atoms with Crippen molar-refractivity contribution < 1.29 is 4.74 Å². The zero-order valence-electron chi connectivity index (χ0n) is 22.9. The lowest BCUT2D eigenvalue weighted by atomic mass is 10.0. The van der Waals surface area contributed by atoms with E-state index in [0.29, 0.717) is 17.6 Å². The summed E-state index contributed by atoms with van der Waals surface area (Å²) < 4.78 is 5.49. The molecule has 0 unspecified atom stereocenters. The summed E-state index contributed by atoms with van der Waals surface area (Å²) in [7, 11) is 1.72. The van der Waals surface area contributed by atoms with Gasteiger partial charge in [0, 0.05) is 95.0 Å². The highest BCUT2D eigenvalue weighted by Crippen LogP contribution is 2.32. The number of nitriles is 1. The highest BCUT2D eigenvalue weighted by Gasteiger charge is 2.36. The number of piperazine rings is 2. The molecule has 0 saturated carbocycles. The average molecular weight is 527 g/mol. The van der Waals surface area contributed by atoms with Crippen LogP contribution in [0.15, 0.2) is 48.8 Å². The minimum absolute atomic E-state index is 0.0286. The Morgan fingerprint density at radius 2 is 1.92 bits per heavy atom. The van der Waals surface area contributed by atoms with Crippen LogP contribution in [0.2, 0.25) is 0 Å². The SMILES string of the molecule is CO[C@H]1CN(c2ccc(CCN3CCN4[C@@H](C3)CN(c3ccc(C#N)c5ncccc35)C[C@H]4C)cn2)C[C@H]1N. The van der Waals surface area contributed by atoms with Crippen molar-refractivity contribution in [1.82, 2.24) is 19.8 Å². The molecule has 0 radical (unpaired) electrons. The van der Waals surface area contributed by atoms with Crippen LogP contribution in [0.1, 0.15) is 18.1 Å². The van der Waals surface area contributed by atoms with Crippen molar-refractivity contribution in [2.24, 2.45) is 5.73 Å². The van der Waals surface area contributed by atoms with Crippen LogP contribution in [0.25, 0.3) is 10.9 Å². The number of hydrogen-bond donors (Lipinski definition) is 1. The lowest BCUT2D eigenvalue weighted by Gasteiger charge is -2.51. The normalized spacial score (nSPS) is 26.1. The maximum absolute atomic E-state index is 9.56. The van der Waals surface area contributed by atoms with Gasteiger partial charge in [-0.3, -0.25) is 9.88 Å². The molecule has 3 aliphatic heterocycles. The first-order chi connectivity index (χ1) is 19.0. The van der Waals surface area contributed by atoms with Crippen LogP contribution in [0.3, 0.4) is 0 Å². The summed E-state index contributed by atoms with van der Waals surface area (Å²) in [6.45, 7) is 10.2. The predicted octanol–water partition coefficient (Wildman–Crippen LogP) is 2.10. The second-order valence-corrected chi connectivity index (χ2v) is 11.2. The summed E-state index contributed by atoms with van der Waals surface area (Å²) in [5.74, 6) is 0.976. The number of hydrogen-bond acceptors (Lipinski definition) is 9. The summed E-state index contributed by atoms with van der Waals surface area (Å²) in [6, 6.07) is 15.7. The molecule has 2 N–H and O–H groups in total. The summed E-state index contributed by atoms with van der Waals surface area (Å²) in [5.41, 5.74) is 10.1. The number of rotatable bonds is 6. The zero-order valence-corrected chi connectivity index (χ0v) is 22.9. The molecule has 9 heteroatoms. The number of benzene rings is 1. The second-order valence-electron chi connectivity index (χ2n) is 11.2. The van der Waals surface area contributed by atoms with E-state index >= 15 is 0 Å². The minimum atomic E-state index is 0.0286. The van der Waals surface area contributed by atoms with E-state index in [1.807, 2.05) is 18.3 Å². The zero-order chi connectivity index (χ0) is 26.9. The predicted molar refractivity (Wildman–Crippen MR) is 154 cm³/mol. The molecule has 3 aromatic rings. The van der Waals surface area contributed by atoms with Crippen molar-refractivity contribution >= 4 is 22.4 Å². The van der Waals surface area contributed by atoms with Crippen LogP contribution in [0.4, 0.5) is 11.5 Å². The van der Waals surface area contributed by atoms with Crippen LogP contribution in [-0.2, 0) is 11.2 Å². The average Bonchev–Trinajstić information content (AvgIpc) is 3.36. The van der Waals surface area contributed by atoms with E-state index in [-0.39, 0.29) is 12.1 Å². The van der Waals surface area contributed by atoms with E-state index in [9.17, 15) is 5.26 Å². The van der Waals surface area contributed by atoms with Gasteiger partial charge in [-0.2, -0.15) is 5.26 Å². The summed E-state index contributed by atoms with van der Waals surface area (Å²) >= 11 is 0. The summed E-state index contributed by atoms with van der Waals surface area (Å²) in [4.78, 5) is 19.3. The molecule has 0 amide bonds. The first kappa shape index (κ1) is 26.0. The number of ether oxygens (including phenoxy) is 1. The van der Waals surface area contributed by atoms with E-state index in [0.717, 1.165) is 75.5 Å². The number of anilines is 2. The van der Waals surface area contributed by atoms with Crippen LogP contribution >= 0.6 is 0 Å². The largest absolute Gasteiger partial charge is 0.378 e. The lowest BCUT2D eigenvalue weighted by molar-refractivity contribution is 0.0356. The van der Waals surface area contributed by atoms with Gasteiger partial charge in [0.15, 0.2) is 0 Å². The summed E-state index contributed by atoms with van der Waals surface area (Å²) in [5, 5.41) is 10.6.